The minimum Gasteiger partial charge on any atom is -0.565 e. The Labute approximate surface area is 81.6 Å². The van der Waals surface area contributed by atoms with Crippen LogP contribution in [-0.4, -0.2) is 33.8 Å². The maximum atomic E-state index is 8.44. The molecule has 0 rings (SSSR count). The maximum Gasteiger partial charge on any atom is 3.00 e. The first-order valence-electron chi connectivity index (χ1n) is 1.90. The van der Waals surface area contributed by atoms with Gasteiger partial charge in [-0.1, -0.05) is 0 Å². The van der Waals surface area contributed by atoms with Gasteiger partial charge in [0, 0.05) is 0 Å². The van der Waals surface area contributed by atoms with Gasteiger partial charge in [0.15, 0.2) is 0 Å². The summed E-state index contributed by atoms with van der Waals surface area (Å²) in [5, 5.41) is 45.9. The molecule has 0 saturated carbocycles. The molecule has 0 atom stereocenters. The van der Waals surface area contributed by atoms with Crippen LogP contribution < -0.4 is 15.3 Å². The van der Waals surface area contributed by atoms with Crippen LogP contribution in [0.4, 0.5) is 14.4 Å². The third kappa shape index (κ3) is 262. The molecule has 3 N–H and O–H groups in total. The first-order valence-corrected chi connectivity index (χ1v) is 1.90. The van der Waals surface area contributed by atoms with Crippen molar-refractivity contribution in [1.29, 1.82) is 0 Å². The Morgan fingerprint density at radius 2 is 0.692 bits per heavy atom. The molecule has 0 unspecified atom stereocenters. The predicted molar refractivity (Wildman–Crippen MR) is 24.1 cm³/mol. The number of rotatable bonds is 0. The fraction of sp³-hybridized carbons (Fsp3) is 0. The Kier molecular flexibility index (Phi) is 29.0. The summed E-state index contributed by atoms with van der Waals surface area (Å²) in [6.07, 6.45) is -6.25. The molecule has 0 spiro atoms. The molecule has 0 amide bonds. The van der Waals surface area contributed by atoms with Gasteiger partial charge in [0.05, 0.1) is 0 Å². The van der Waals surface area contributed by atoms with Crippen molar-refractivity contribution in [3.63, 3.8) is 0 Å². The summed E-state index contributed by atoms with van der Waals surface area (Å²) in [5.74, 6) is 0. The van der Waals surface area contributed by atoms with E-state index in [4.69, 9.17) is 45.0 Å². The molecule has 0 bridgehead atoms. The largest absolute Gasteiger partial charge is 3.00 e. The molecule has 0 aromatic heterocycles. The Morgan fingerprint density at radius 1 is 0.692 bits per heavy atom. The van der Waals surface area contributed by atoms with Crippen molar-refractivity contribution in [1.82, 2.24) is 0 Å². The summed E-state index contributed by atoms with van der Waals surface area (Å²) in [7, 11) is 0. The van der Waals surface area contributed by atoms with Gasteiger partial charge in [0.2, 0.25) is 18.5 Å². The van der Waals surface area contributed by atoms with E-state index < -0.39 is 18.5 Å². The molecule has 0 aliphatic rings. The van der Waals surface area contributed by atoms with E-state index in [0.717, 1.165) is 0 Å². The van der Waals surface area contributed by atoms with Gasteiger partial charge in [-0.15, -0.1) is 0 Å². The van der Waals surface area contributed by atoms with Crippen LogP contribution in [0.5, 0.6) is 0 Å². The second kappa shape index (κ2) is 16.7. The average Bonchev–Trinajstić information content (AvgIpc) is 1.54. The molecular formula is C3H3CrO9. The summed E-state index contributed by atoms with van der Waals surface area (Å²) in [6.45, 7) is 0. The van der Waals surface area contributed by atoms with Gasteiger partial charge >= 0.3 is 17.4 Å². The zero-order chi connectivity index (χ0) is 10.7. The van der Waals surface area contributed by atoms with E-state index in [9.17, 15) is 0 Å². The molecule has 0 aromatic carbocycles. The molecule has 0 fully saturated rings. The van der Waals surface area contributed by atoms with Crippen molar-refractivity contribution < 1.29 is 62.4 Å². The average molecular weight is 235 g/mol. The summed E-state index contributed by atoms with van der Waals surface area (Å²) in [4.78, 5) is 25.3. The Balaban J connectivity index is -0.0000000450. The molecule has 10 heteroatoms. The summed E-state index contributed by atoms with van der Waals surface area (Å²) in [6, 6.07) is 0. The monoisotopic (exact) mass is 235 g/mol. The van der Waals surface area contributed by atoms with Gasteiger partial charge < -0.3 is 45.0 Å². The predicted octanol–water partition coefficient (Wildman–Crippen LogP) is -3.34. The fourth-order valence-corrected chi connectivity index (χ4v) is 0. The first-order chi connectivity index (χ1) is 5.20. The minimum atomic E-state index is -2.08. The van der Waals surface area contributed by atoms with Crippen LogP contribution in [0.15, 0.2) is 0 Å². The second-order valence-corrected chi connectivity index (χ2v) is 0.798. The summed E-state index contributed by atoms with van der Waals surface area (Å²) >= 11 is 0. The van der Waals surface area contributed by atoms with Crippen molar-refractivity contribution in [3.05, 3.63) is 0 Å². The molecular weight excluding hydrogens is 232 g/mol. The quantitative estimate of drug-likeness (QED) is 0.386. The first kappa shape index (κ1) is 22.5. The zero-order valence-electron chi connectivity index (χ0n) is 5.70. The third-order valence-electron chi connectivity index (χ3n) is 0. The van der Waals surface area contributed by atoms with Crippen LogP contribution in [0.3, 0.4) is 0 Å². The van der Waals surface area contributed by atoms with E-state index in [1.807, 2.05) is 0 Å². The fourth-order valence-electron chi connectivity index (χ4n) is 0. The van der Waals surface area contributed by atoms with E-state index in [2.05, 4.69) is 0 Å². The molecule has 0 aliphatic carbocycles. The van der Waals surface area contributed by atoms with Crippen LogP contribution in [0.25, 0.3) is 0 Å². The van der Waals surface area contributed by atoms with E-state index in [0.29, 0.717) is 0 Å². The van der Waals surface area contributed by atoms with Crippen molar-refractivity contribution in [3.8, 4) is 0 Å². The van der Waals surface area contributed by atoms with Gasteiger partial charge in [0.25, 0.3) is 0 Å². The van der Waals surface area contributed by atoms with Crippen molar-refractivity contribution >= 4 is 18.5 Å². The number of carboxylic acid groups (broad SMARTS) is 6. The van der Waals surface area contributed by atoms with Gasteiger partial charge in [-0.2, -0.15) is 0 Å². The maximum absolute atomic E-state index is 8.44. The smallest absolute Gasteiger partial charge is 0.565 e. The molecule has 75 valence electrons. The second-order valence-electron chi connectivity index (χ2n) is 0.798. The molecule has 0 heterocycles. The molecule has 13 heavy (non-hydrogen) atoms. The van der Waals surface area contributed by atoms with Gasteiger partial charge in [-0.05, 0) is 0 Å². The Morgan fingerprint density at radius 3 is 0.692 bits per heavy atom. The summed E-state index contributed by atoms with van der Waals surface area (Å²) in [5.41, 5.74) is 0. The van der Waals surface area contributed by atoms with Crippen LogP contribution in [0.2, 0.25) is 0 Å². The van der Waals surface area contributed by atoms with Crippen LogP contribution in [-0.2, 0) is 17.4 Å². The van der Waals surface area contributed by atoms with Gasteiger partial charge in [-0.3, -0.25) is 0 Å². The normalized spacial score (nSPS) is 5.54. The van der Waals surface area contributed by atoms with Crippen molar-refractivity contribution in [2.75, 3.05) is 0 Å². The zero-order valence-corrected chi connectivity index (χ0v) is 6.97. The van der Waals surface area contributed by atoms with Crippen LogP contribution in [0.1, 0.15) is 0 Å². The Hall–Kier alpha value is -1.66. The number of hydrogen-bond donors (Lipinski definition) is 3. The van der Waals surface area contributed by atoms with E-state index in [-0.39, 0.29) is 17.4 Å². The molecule has 1 radical (unpaired) electrons. The van der Waals surface area contributed by atoms with E-state index in [1.165, 1.54) is 0 Å². The van der Waals surface area contributed by atoms with E-state index >= 15 is 0 Å². The third-order valence-corrected chi connectivity index (χ3v) is 0. The van der Waals surface area contributed by atoms with Gasteiger partial charge in [0.1, 0.15) is 0 Å². The SMILES string of the molecule is O=C([O-])O.O=C([O-])O.O=C([O-])O.[Cr+3]. The van der Waals surface area contributed by atoms with Crippen LogP contribution >= 0.6 is 0 Å². The van der Waals surface area contributed by atoms with Crippen molar-refractivity contribution in [2.24, 2.45) is 0 Å². The minimum absolute atomic E-state index is 0. The molecule has 0 aliphatic heterocycles. The van der Waals surface area contributed by atoms with Crippen molar-refractivity contribution in [2.45, 2.75) is 0 Å². The molecule has 9 nitrogen and oxygen atoms in total. The van der Waals surface area contributed by atoms with Gasteiger partial charge in [-0.25, -0.2) is 0 Å². The standard InChI is InChI=1S/3CH2O3.Cr/c3*2-1(3)4;/h3*(H2,2,3,4);/q;;;+3/p-3. The molecule has 0 saturated heterocycles. The Bertz CT molecular complexity index is 112. The number of hydrogen-bond acceptors (Lipinski definition) is 6. The molecule has 0 aromatic rings. The topological polar surface area (TPSA) is 181 Å². The summed E-state index contributed by atoms with van der Waals surface area (Å²) < 4.78 is 0. The number of carbonyl (C=O) groups is 3. The van der Waals surface area contributed by atoms with Crippen LogP contribution in [0, 0.1) is 0 Å². The van der Waals surface area contributed by atoms with E-state index in [1.54, 1.807) is 0 Å².